The van der Waals surface area contributed by atoms with Crippen molar-refractivity contribution in [3.63, 3.8) is 0 Å². The molecular formula is C14H15F7N2O. The van der Waals surface area contributed by atoms with Gasteiger partial charge in [-0.15, -0.1) is 0 Å². The fourth-order valence-corrected chi connectivity index (χ4v) is 1.86. The van der Waals surface area contributed by atoms with Gasteiger partial charge in [0.2, 0.25) is 5.91 Å². The van der Waals surface area contributed by atoms with Crippen LogP contribution in [0, 0.1) is 11.7 Å². The highest BCUT2D eigenvalue weighted by atomic mass is 19.4. The van der Waals surface area contributed by atoms with Crippen molar-refractivity contribution in [1.29, 1.82) is 0 Å². The molecule has 0 aliphatic carbocycles. The van der Waals surface area contributed by atoms with Gasteiger partial charge in [-0.2, -0.15) is 26.3 Å². The van der Waals surface area contributed by atoms with Crippen molar-refractivity contribution in [2.24, 2.45) is 5.92 Å². The van der Waals surface area contributed by atoms with Crippen molar-refractivity contribution < 1.29 is 35.5 Å². The summed E-state index contributed by atoms with van der Waals surface area (Å²) in [4.78, 5) is 11.6. The fraction of sp³-hybridized carbons (Fsp3) is 0.500. The molecule has 10 heteroatoms. The molecule has 3 nitrogen and oxygen atoms in total. The van der Waals surface area contributed by atoms with Gasteiger partial charge >= 0.3 is 18.0 Å². The molecule has 0 saturated heterocycles. The van der Waals surface area contributed by atoms with Crippen LogP contribution < -0.4 is 10.6 Å². The van der Waals surface area contributed by atoms with E-state index in [1.807, 2.05) is 0 Å². The first kappa shape index (κ1) is 20.0. The van der Waals surface area contributed by atoms with Crippen molar-refractivity contribution >= 4 is 11.6 Å². The van der Waals surface area contributed by atoms with Crippen LogP contribution in [0.1, 0.15) is 20.3 Å². The standard InChI is InChI=1S/C14H15F7N2O/c1-8(2)7-11(24)23-12(13(16,17)18,14(19,20)21)22-10-5-3-9(15)4-6-10/h3-6,8,22H,7H2,1-2H3,(H,23,24). The van der Waals surface area contributed by atoms with Gasteiger partial charge in [-0.3, -0.25) is 4.79 Å². The van der Waals surface area contributed by atoms with Gasteiger partial charge < -0.3 is 10.6 Å². The maximum absolute atomic E-state index is 13.3. The Labute approximate surface area is 133 Å². The zero-order valence-corrected chi connectivity index (χ0v) is 12.6. The molecule has 0 fully saturated rings. The first-order chi connectivity index (χ1) is 10.8. The summed E-state index contributed by atoms with van der Waals surface area (Å²) in [7, 11) is 0. The van der Waals surface area contributed by atoms with Crippen LogP contribution in [0.5, 0.6) is 0 Å². The van der Waals surface area contributed by atoms with Crippen molar-refractivity contribution in [2.45, 2.75) is 38.3 Å². The van der Waals surface area contributed by atoms with Gasteiger partial charge in [-0.05, 0) is 30.2 Å². The van der Waals surface area contributed by atoms with Crippen molar-refractivity contribution in [1.82, 2.24) is 5.32 Å². The summed E-state index contributed by atoms with van der Waals surface area (Å²) < 4.78 is 92.4. The average molecular weight is 360 g/mol. The van der Waals surface area contributed by atoms with Gasteiger partial charge in [-0.1, -0.05) is 13.8 Å². The number of rotatable bonds is 5. The second-order valence-corrected chi connectivity index (χ2v) is 5.52. The second-order valence-electron chi connectivity index (χ2n) is 5.52. The molecule has 24 heavy (non-hydrogen) atoms. The Hall–Kier alpha value is -2.00. The van der Waals surface area contributed by atoms with Gasteiger partial charge in [0, 0.05) is 12.1 Å². The molecule has 0 bridgehead atoms. The SMILES string of the molecule is CC(C)CC(=O)NC(Nc1ccc(F)cc1)(C(F)(F)F)C(F)(F)F. The van der Waals surface area contributed by atoms with Crippen LogP contribution >= 0.6 is 0 Å². The first-order valence-electron chi connectivity index (χ1n) is 6.76. The Balaban J connectivity index is 3.31. The number of halogens is 7. The molecule has 0 saturated carbocycles. The topological polar surface area (TPSA) is 41.1 Å². The quantitative estimate of drug-likeness (QED) is 0.610. The lowest BCUT2D eigenvalue weighted by atomic mass is 10.1. The van der Waals surface area contributed by atoms with E-state index >= 15 is 0 Å². The maximum Gasteiger partial charge on any atom is 0.439 e. The zero-order valence-electron chi connectivity index (χ0n) is 12.6. The van der Waals surface area contributed by atoms with Crippen LogP contribution in [-0.4, -0.2) is 23.9 Å². The summed E-state index contributed by atoms with van der Waals surface area (Å²) in [5.41, 5.74) is -5.35. The van der Waals surface area contributed by atoms with Gasteiger partial charge in [0.1, 0.15) is 5.82 Å². The van der Waals surface area contributed by atoms with Crippen LogP contribution in [0.25, 0.3) is 0 Å². The minimum atomic E-state index is -5.90. The summed E-state index contributed by atoms with van der Waals surface area (Å²) >= 11 is 0. The van der Waals surface area contributed by atoms with Crippen LogP contribution in [0.15, 0.2) is 24.3 Å². The van der Waals surface area contributed by atoms with Gasteiger partial charge in [-0.25, -0.2) is 4.39 Å². The number of alkyl halides is 6. The van der Waals surface area contributed by atoms with Crippen molar-refractivity contribution in [3.8, 4) is 0 Å². The van der Waals surface area contributed by atoms with Crippen LogP contribution in [0.4, 0.5) is 36.4 Å². The van der Waals surface area contributed by atoms with Crippen molar-refractivity contribution in [2.75, 3.05) is 5.32 Å². The van der Waals surface area contributed by atoms with E-state index < -0.39 is 47.8 Å². The van der Waals surface area contributed by atoms with E-state index in [0.29, 0.717) is 24.3 Å². The lowest BCUT2D eigenvalue weighted by Gasteiger charge is -2.39. The molecule has 0 radical (unpaired) electrons. The van der Waals surface area contributed by atoms with E-state index in [4.69, 9.17) is 0 Å². The number of hydrogen-bond acceptors (Lipinski definition) is 2. The number of nitrogens with one attached hydrogen (secondary N) is 2. The van der Waals surface area contributed by atoms with E-state index in [-0.39, 0.29) is 0 Å². The maximum atomic E-state index is 13.3. The lowest BCUT2D eigenvalue weighted by molar-refractivity contribution is -0.296. The van der Waals surface area contributed by atoms with Gasteiger partial charge in [0.05, 0.1) is 0 Å². The Morgan fingerprint density at radius 1 is 1.00 bits per heavy atom. The molecule has 2 N–H and O–H groups in total. The minimum Gasteiger partial charge on any atom is -0.348 e. The first-order valence-corrected chi connectivity index (χ1v) is 6.76. The summed E-state index contributed by atoms with van der Waals surface area (Å²) in [5, 5.41) is 2.27. The second kappa shape index (κ2) is 6.86. The molecule has 0 aliphatic heterocycles. The monoisotopic (exact) mass is 360 g/mol. The lowest BCUT2D eigenvalue weighted by Crippen LogP contribution is -2.72. The Morgan fingerprint density at radius 3 is 1.83 bits per heavy atom. The van der Waals surface area contributed by atoms with E-state index in [1.165, 1.54) is 19.2 Å². The molecule has 136 valence electrons. The predicted molar refractivity (Wildman–Crippen MR) is 72.5 cm³/mol. The highest BCUT2D eigenvalue weighted by Crippen LogP contribution is 2.43. The predicted octanol–water partition coefficient (Wildman–Crippen LogP) is 4.22. The third-order valence-corrected chi connectivity index (χ3v) is 2.95. The summed E-state index contributed by atoms with van der Waals surface area (Å²) in [6.07, 6.45) is -12.3. The van der Waals surface area contributed by atoms with E-state index in [0.717, 1.165) is 5.32 Å². The average Bonchev–Trinajstić information content (AvgIpc) is 2.36. The number of carbonyl (C=O) groups excluding carboxylic acids is 1. The number of anilines is 1. The normalized spacial score (nSPS) is 13.1. The zero-order chi connectivity index (χ0) is 18.8. The molecule has 1 aromatic carbocycles. The van der Waals surface area contributed by atoms with E-state index in [9.17, 15) is 35.5 Å². The van der Waals surface area contributed by atoms with E-state index in [1.54, 1.807) is 0 Å². The molecule has 1 rings (SSSR count). The van der Waals surface area contributed by atoms with Crippen LogP contribution in [0.2, 0.25) is 0 Å². The van der Waals surface area contributed by atoms with Crippen molar-refractivity contribution in [3.05, 3.63) is 30.1 Å². The molecule has 0 spiro atoms. The van der Waals surface area contributed by atoms with Gasteiger partial charge in [0.25, 0.3) is 0 Å². The van der Waals surface area contributed by atoms with E-state index in [2.05, 4.69) is 0 Å². The molecule has 0 atom stereocenters. The molecule has 0 aromatic heterocycles. The number of amides is 1. The Kier molecular flexibility index (Phi) is 5.73. The Morgan fingerprint density at radius 2 is 1.46 bits per heavy atom. The third kappa shape index (κ3) is 4.51. The largest absolute Gasteiger partial charge is 0.439 e. The Bertz CT molecular complexity index is 550. The molecule has 1 amide bonds. The number of benzene rings is 1. The molecule has 0 unspecified atom stereocenters. The highest BCUT2D eigenvalue weighted by molar-refractivity contribution is 5.78. The number of hydrogen-bond donors (Lipinski definition) is 2. The molecule has 0 heterocycles. The molecular weight excluding hydrogens is 345 g/mol. The molecule has 0 aliphatic rings. The summed E-state index contributed by atoms with van der Waals surface area (Å²) in [6.45, 7) is 2.94. The third-order valence-electron chi connectivity index (χ3n) is 2.95. The fourth-order valence-electron chi connectivity index (χ4n) is 1.86. The smallest absolute Gasteiger partial charge is 0.348 e. The highest BCUT2D eigenvalue weighted by Gasteiger charge is 2.72. The summed E-state index contributed by atoms with van der Waals surface area (Å²) in [5.74, 6) is -2.71. The summed E-state index contributed by atoms with van der Waals surface area (Å²) in [6, 6.07) is 2.79. The van der Waals surface area contributed by atoms with Crippen LogP contribution in [-0.2, 0) is 4.79 Å². The number of carbonyl (C=O) groups is 1. The minimum absolute atomic E-state index is 0.449. The van der Waals surface area contributed by atoms with Gasteiger partial charge in [0.15, 0.2) is 0 Å². The van der Waals surface area contributed by atoms with Crippen LogP contribution in [0.3, 0.4) is 0 Å². The molecule has 1 aromatic rings.